The number of phosphoric ester groups is 1. The molecule has 0 spiro atoms. The number of unbranched alkanes of at least 4 members (excludes halogenated alkanes) is 27. The van der Waals surface area contributed by atoms with Crippen molar-refractivity contribution in [3.63, 3.8) is 0 Å². The van der Waals surface area contributed by atoms with Gasteiger partial charge in [-0.1, -0.05) is 264 Å². The van der Waals surface area contributed by atoms with Crippen molar-refractivity contribution >= 4 is 13.7 Å². The Bertz CT molecular complexity index is 1600. The minimum atomic E-state index is -4.36. The van der Waals surface area contributed by atoms with Crippen molar-refractivity contribution in [1.29, 1.82) is 0 Å². The largest absolute Gasteiger partial charge is 0.472 e. The summed E-state index contributed by atoms with van der Waals surface area (Å²) in [5, 5.41) is 13.9. The van der Waals surface area contributed by atoms with Crippen molar-refractivity contribution in [2.24, 2.45) is 0 Å². The Labute approximate surface area is 470 Å². The van der Waals surface area contributed by atoms with Crippen LogP contribution in [0.25, 0.3) is 0 Å². The van der Waals surface area contributed by atoms with Gasteiger partial charge in [-0.25, -0.2) is 4.57 Å². The summed E-state index contributed by atoms with van der Waals surface area (Å²) in [6.07, 6.45) is 83.6. The molecule has 9 heteroatoms. The minimum absolute atomic E-state index is 0.0505. The summed E-state index contributed by atoms with van der Waals surface area (Å²) >= 11 is 0. The zero-order chi connectivity index (χ0) is 55.6. The SMILES string of the molecule is CC/C=C\C/C=C\C/C=C\C/C=C\C/C=C\C/C=C\CCCCCCCCCCCCCCCCCCCCC(=O)NC(COP(=O)(O)OCC[N+](C)(C)C)C(O)/C=C/CC/C=C/CC/C=C/CCCCCCCCC. The highest BCUT2D eigenvalue weighted by Gasteiger charge is 2.27. The van der Waals surface area contributed by atoms with Crippen molar-refractivity contribution < 1.29 is 32.9 Å². The summed E-state index contributed by atoms with van der Waals surface area (Å²) < 4.78 is 23.7. The Balaban J connectivity index is 4.07. The van der Waals surface area contributed by atoms with Crippen LogP contribution in [0.4, 0.5) is 0 Å². The number of hydrogen-bond acceptors (Lipinski definition) is 5. The van der Waals surface area contributed by atoms with Crippen molar-refractivity contribution in [3.8, 4) is 0 Å². The van der Waals surface area contributed by atoms with E-state index in [-0.39, 0.29) is 19.1 Å². The molecule has 3 N–H and O–H groups in total. The van der Waals surface area contributed by atoms with Crippen LogP contribution in [0.3, 0.4) is 0 Å². The minimum Gasteiger partial charge on any atom is -0.387 e. The molecule has 0 radical (unpaired) electrons. The van der Waals surface area contributed by atoms with Crippen LogP contribution in [0.2, 0.25) is 0 Å². The number of nitrogens with one attached hydrogen (secondary N) is 1. The Kier molecular flexibility index (Phi) is 54.7. The molecule has 0 heterocycles. The molecule has 1 amide bonds. The van der Waals surface area contributed by atoms with Gasteiger partial charge in [0.1, 0.15) is 13.2 Å². The molecule has 0 aromatic heterocycles. The van der Waals surface area contributed by atoms with Crippen LogP contribution < -0.4 is 5.32 Å². The summed E-state index contributed by atoms with van der Waals surface area (Å²) in [6, 6.07) is -0.874. The van der Waals surface area contributed by atoms with Gasteiger partial charge < -0.3 is 19.8 Å². The molecule has 0 aliphatic carbocycles. The van der Waals surface area contributed by atoms with Gasteiger partial charge in [0.05, 0.1) is 39.9 Å². The second-order valence-corrected chi connectivity index (χ2v) is 23.5. The Morgan fingerprint density at radius 2 is 0.803 bits per heavy atom. The fourth-order valence-electron chi connectivity index (χ4n) is 8.61. The lowest BCUT2D eigenvalue weighted by Crippen LogP contribution is -2.45. The van der Waals surface area contributed by atoms with Crippen LogP contribution in [0, 0.1) is 0 Å². The standard InChI is InChI=1S/C67H119N2O6P/c1-6-8-10-12-14-16-18-20-22-24-25-26-27-28-29-30-31-32-33-34-35-36-37-38-39-40-41-42-43-45-47-49-51-53-55-57-59-61-67(71)68-65(64-75-76(72,73)74-63-62-69(3,4)5)66(70)60-58-56-54-52-50-48-46-44-23-21-19-17-15-13-11-9-7-2/h8,10,14,16,20,22-23,25-26,28-29,31-32,44,50,52,58,60,65-66,70H,6-7,9,11-13,15,17-19,21,24,27,30,33-43,45-49,51,53-57,59,61-64H2,1-5H3,(H-,68,71,72,73)/p+1/b10-8-,16-14-,22-20-,26-25-,29-28-,32-31-,44-23+,52-50+,60-58+. The molecule has 8 nitrogen and oxygen atoms in total. The highest BCUT2D eigenvalue weighted by molar-refractivity contribution is 7.47. The first-order valence-corrected chi connectivity index (χ1v) is 32.8. The molecule has 0 saturated carbocycles. The molecule has 0 aromatic carbocycles. The maximum Gasteiger partial charge on any atom is 0.472 e. The average molecular weight is 1080 g/mol. The Morgan fingerprint density at radius 1 is 0.461 bits per heavy atom. The third-order valence-electron chi connectivity index (χ3n) is 13.5. The highest BCUT2D eigenvalue weighted by atomic mass is 31.2. The summed E-state index contributed by atoms with van der Waals surface area (Å²) in [5.74, 6) is -0.192. The quantitative estimate of drug-likeness (QED) is 0.0243. The molecule has 0 aliphatic heterocycles. The van der Waals surface area contributed by atoms with Crippen LogP contribution >= 0.6 is 7.82 Å². The predicted molar refractivity (Wildman–Crippen MR) is 332 cm³/mol. The predicted octanol–water partition coefficient (Wildman–Crippen LogP) is 19.5. The monoisotopic (exact) mass is 1080 g/mol. The van der Waals surface area contributed by atoms with Gasteiger partial charge in [0, 0.05) is 6.42 Å². The van der Waals surface area contributed by atoms with E-state index in [1.54, 1.807) is 6.08 Å². The fourth-order valence-corrected chi connectivity index (χ4v) is 9.34. The van der Waals surface area contributed by atoms with E-state index in [1.807, 2.05) is 27.2 Å². The summed E-state index contributed by atoms with van der Waals surface area (Å²) in [6.45, 7) is 4.67. The lowest BCUT2D eigenvalue weighted by molar-refractivity contribution is -0.870. The van der Waals surface area contributed by atoms with E-state index in [1.165, 1.54) is 154 Å². The van der Waals surface area contributed by atoms with Crippen LogP contribution in [0.1, 0.15) is 258 Å². The lowest BCUT2D eigenvalue weighted by atomic mass is 10.0. The zero-order valence-electron chi connectivity index (χ0n) is 50.0. The maximum absolute atomic E-state index is 13.0. The summed E-state index contributed by atoms with van der Waals surface area (Å²) in [5.41, 5.74) is 0. The van der Waals surface area contributed by atoms with E-state index in [4.69, 9.17) is 9.05 Å². The van der Waals surface area contributed by atoms with Gasteiger partial charge in [-0.05, 0) is 96.3 Å². The van der Waals surface area contributed by atoms with Gasteiger partial charge in [-0.2, -0.15) is 0 Å². The molecule has 3 unspecified atom stereocenters. The molecular formula is C67H120N2O6P+. The van der Waals surface area contributed by atoms with E-state index in [2.05, 4.69) is 116 Å². The molecule has 0 aliphatic rings. The third kappa shape index (κ3) is 58.8. The number of quaternary nitrogens is 1. The number of aliphatic hydroxyl groups is 1. The van der Waals surface area contributed by atoms with Crippen LogP contribution in [0.5, 0.6) is 0 Å². The first-order chi connectivity index (χ1) is 37.0. The number of likely N-dealkylation sites (N-methyl/N-ethyl adjacent to an activating group) is 1. The number of allylic oxidation sites excluding steroid dienone is 17. The van der Waals surface area contributed by atoms with Crippen molar-refractivity contribution in [1.82, 2.24) is 5.32 Å². The Hall–Kier alpha value is -2.84. The number of amides is 1. The topological polar surface area (TPSA) is 105 Å². The number of carbonyl (C=O) groups is 1. The molecule has 76 heavy (non-hydrogen) atoms. The van der Waals surface area contributed by atoms with E-state index in [9.17, 15) is 19.4 Å². The number of hydrogen-bond donors (Lipinski definition) is 3. The first kappa shape index (κ1) is 73.2. The molecule has 0 rings (SSSR count). The average Bonchev–Trinajstić information content (AvgIpc) is 3.38. The van der Waals surface area contributed by atoms with Crippen molar-refractivity contribution in [3.05, 3.63) is 109 Å². The second kappa shape index (κ2) is 56.9. The molecule has 0 fully saturated rings. The first-order valence-electron chi connectivity index (χ1n) is 31.3. The highest BCUT2D eigenvalue weighted by Crippen LogP contribution is 2.43. The summed E-state index contributed by atoms with van der Waals surface area (Å²) in [4.78, 5) is 23.3. The van der Waals surface area contributed by atoms with Crippen LogP contribution in [-0.2, 0) is 18.4 Å². The zero-order valence-corrected chi connectivity index (χ0v) is 50.9. The maximum atomic E-state index is 13.0. The number of phosphoric acid groups is 1. The van der Waals surface area contributed by atoms with Gasteiger partial charge >= 0.3 is 7.82 Å². The third-order valence-corrected chi connectivity index (χ3v) is 14.4. The molecule has 0 aromatic rings. The molecule has 3 atom stereocenters. The molecule has 0 bridgehead atoms. The van der Waals surface area contributed by atoms with E-state index in [0.717, 1.165) is 83.5 Å². The van der Waals surface area contributed by atoms with Gasteiger partial charge in [-0.15, -0.1) is 0 Å². The van der Waals surface area contributed by atoms with Crippen molar-refractivity contribution in [2.45, 2.75) is 270 Å². The summed E-state index contributed by atoms with van der Waals surface area (Å²) in [7, 11) is 1.54. The molecule has 0 saturated heterocycles. The van der Waals surface area contributed by atoms with Crippen LogP contribution in [-0.4, -0.2) is 73.4 Å². The number of carbonyl (C=O) groups excluding carboxylic acids is 1. The number of aliphatic hydroxyl groups excluding tert-OH is 1. The fraction of sp³-hybridized carbons (Fsp3) is 0.716. The normalized spacial score (nSPS) is 14.6. The van der Waals surface area contributed by atoms with E-state index in [0.29, 0.717) is 17.4 Å². The van der Waals surface area contributed by atoms with Gasteiger partial charge in [0.25, 0.3) is 0 Å². The van der Waals surface area contributed by atoms with Crippen molar-refractivity contribution in [2.75, 3.05) is 40.9 Å². The number of rotatable bonds is 56. The van der Waals surface area contributed by atoms with Crippen LogP contribution in [0.15, 0.2) is 109 Å². The van der Waals surface area contributed by atoms with Gasteiger partial charge in [0.2, 0.25) is 5.91 Å². The van der Waals surface area contributed by atoms with E-state index >= 15 is 0 Å². The van der Waals surface area contributed by atoms with Gasteiger partial charge in [0.15, 0.2) is 0 Å². The van der Waals surface area contributed by atoms with Gasteiger partial charge in [-0.3, -0.25) is 13.8 Å². The lowest BCUT2D eigenvalue weighted by Gasteiger charge is -2.25. The number of nitrogens with zero attached hydrogens (tertiary/aromatic N) is 1. The Morgan fingerprint density at radius 3 is 1.21 bits per heavy atom. The molecule has 438 valence electrons. The second-order valence-electron chi connectivity index (χ2n) is 22.0. The smallest absolute Gasteiger partial charge is 0.387 e. The molecular weight excluding hydrogens is 960 g/mol. The van der Waals surface area contributed by atoms with E-state index < -0.39 is 20.0 Å².